The summed E-state index contributed by atoms with van der Waals surface area (Å²) in [5.41, 5.74) is 3.51. The summed E-state index contributed by atoms with van der Waals surface area (Å²) in [4.78, 5) is 25.1. The first-order valence-corrected chi connectivity index (χ1v) is 11.8. The van der Waals surface area contributed by atoms with Gasteiger partial charge in [-0.1, -0.05) is 17.7 Å². The number of carbonyl (C=O) groups excluding carboxylic acids is 1. The van der Waals surface area contributed by atoms with Crippen LogP contribution in [0.3, 0.4) is 0 Å². The van der Waals surface area contributed by atoms with Crippen LogP contribution in [0.1, 0.15) is 53.6 Å². The highest BCUT2D eigenvalue weighted by molar-refractivity contribution is 6.30. The number of nitrogens with zero attached hydrogens (tertiary/aromatic N) is 1. The molecule has 3 atom stereocenters. The van der Waals surface area contributed by atoms with E-state index in [0.29, 0.717) is 24.9 Å². The number of rotatable bonds is 5. The molecule has 1 heterocycles. The lowest BCUT2D eigenvalue weighted by Gasteiger charge is -2.44. The quantitative estimate of drug-likeness (QED) is 0.636. The molecular formula is C26H28ClNO4. The van der Waals surface area contributed by atoms with E-state index in [1.54, 1.807) is 18.2 Å². The summed E-state index contributed by atoms with van der Waals surface area (Å²) in [6, 6.07) is 11.3. The summed E-state index contributed by atoms with van der Waals surface area (Å²) >= 11 is 6.30. The summed E-state index contributed by atoms with van der Waals surface area (Å²) in [6.07, 6.45) is 6.91. The largest absolute Gasteiger partial charge is 0.490 e. The van der Waals surface area contributed by atoms with Crippen molar-refractivity contribution in [2.75, 3.05) is 24.6 Å². The van der Waals surface area contributed by atoms with Gasteiger partial charge in [0.05, 0.1) is 17.9 Å². The van der Waals surface area contributed by atoms with E-state index in [1.807, 2.05) is 6.07 Å². The number of halogens is 1. The molecular weight excluding hydrogens is 426 g/mol. The van der Waals surface area contributed by atoms with Crippen molar-refractivity contribution in [2.24, 2.45) is 11.8 Å². The number of hydrogen-bond donors (Lipinski definition) is 1. The molecule has 0 bridgehead atoms. The maximum Gasteiger partial charge on any atom is 0.335 e. The standard InChI is InChI=1S/C26H28ClNO4/c27-21-6-7-22-18(12-21)2-1-10-26(22)15-28(14-20-4-3-17(20)9-11-29)23-13-19(25(30)31)5-8-24(23)32-16-26/h5-8,11-13,17,20H,1-4,9-10,14-16H2,(H,30,31)/t17-,20-,26-/m0/s1. The van der Waals surface area contributed by atoms with E-state index in [2.05, 4.69) is 17.0 Å². The third kappa shape index (κ3) is 3.77. The number of aromatic carboxylic acids is 1. The Labute approximate surface area is 193 Å². The van der Waals surface area contributed by atoms with E-state index in [4.69, 9.17) is 16.3 Å². The fraction of sp³-hybridized carbons (Fsp3) is 0.462. The number of anilines is 1. The molecule has 0 unspecified atom stereocenters. The van der Waals surface area contributed by atoms with Crippen molar-refractivity contribution in [3.05, 3.63) is 58.1 Å². The first-order valence-electron chi connectivity index (χ1n) is 11.5. The molecule has 0 saturated heterocycles. The van der Waals surface area contributed by atoms with Crippen LogP contribution < -0.4 is 9.64 Å². The fourth-order valence-electron chi connectivity index (χ4n) is 5.84. The molecule has 6 heteroatoms. The lowest BCUT2D eigenvalue weighted by molar-refractivity contribution is -0.109. The van der Waals surface area contributed by atoms with Gasteiger partial charge < -0.3 is 19.5 Å². The molecule has 32 heavy (non-hydrogen) atoms. The molecule has 168 valence electrons. The number of carboxylic acids is 1. The second-order valence-corrected chi connectivity index (χ2v) is 10.0. The van der Waals surface area contributed by atoms with Gasteiger partial charge in [0.2, 0.25) is 0 Å². The molecule has 1 saturated carbocycles. The molecule has 2 aromatic carbocycles. The maximum absolute atomic E-state index is 11.7. The zero-order valence-electron chi connectivity index (χ0n) is 18.1. The van der Waals surface area contributed by atoms with Gasteiger partial charge in [-0.25, -0.2) is 4.79 Å². The lowest BCUT2D eigenvalue weighted by atomic mass is 9.69. The van der Waals surface area contributed by atoms with Gasteiger partial charge in [0, 0.05) is 29.9 Å². The SMILES string of the molecule is O=CC[C@@H]1CC[C@H]1CN1C[C@@]2(CCCc3cc(Cl)ccc32)COc2ccc(C(=O)O)cc21. The summed E-state index contributed by atoms with van der Waals surface area (Å²) in [5, 5.41) is 10.3. The molecule has 1 fully saturated rings. The van der Waals surface area contributed by atoms with Crippen LogP contribution >= 0.6 is 11.6 Å². The molecule has 1 aliphatic heterocycles. The van der Waals surface area contributed by atoms with Crippen LogP contribution in [0.15, 0.2) is 36.4 Å². The third-order valence-electron chi connectivity index (χ3n) is 7.71. The van der Waals surface area contributed by atoms with Crippen LogP contribution in [0, 0.1) is 11.8 Å². The molecule has 3 aliphatic rings. The van der Waals surface area contributed by atoms with E-state index < -0.39 is 5.97 Å². The Hall–Kier alpha value is -2.53. The average molecular weight is 454 g/mol. The van der Waals surface area contributed by atoms with Gasteiger partial charge in [0.25, 0.3) is 0 Å². The van der Waals surface area contributed by atoms with Crippen LogP contribution in [-0.2, 0) is 16.6 Å². The molecule has 0 amide bonds. The minimum atomic E-state index is -0.938. The Morgan fingerprint density at radius 2 is 2.06 bits per heavy atom. The zero-order valence-corrected chi connectivity index (χ0v) is 18.8. The van der Waals surface area contributed by atoms with Crippen LogP contribution in [0.2, 0.25) is 5.02 Å². The number of ether oxygens (including phenoxy) is 1. The number of aryl methyl sites for hydroxylation is 1. The highest BCUT2D eigenvalue weighted by atomic mass is 35.5. The molecule has 5 nitrogen and oxygen atoms in total. The molecule has 2 aliphatic carbocycles. The molecule has 5 rings (SSSR count). The van der Waals surface area contributed by atoms with E-state index in [9.17, 15) is 14.7 Å². The first kappa shape index (κ1) is 21.3. The van der Waals surface area contributed by atoms with Crippen molar-refractivity contribution < 1.29 is 19.4 Å². The smallest absolute Gasteiger partial charge is 0.335 e. The number of hydrogen-bond acceptors (Lipinski definition) is 4. The Bertz CT molecular complexity index is 1050. The van der Waals surface area contributed by atoms with Gasteiger partial charge in [-0.05, 0) is 85.4 Å². The number of aldehydes is 1. The monoisotopic (exact) mass is 453 g/mol. The van der Waals surface area contributed by atoms with Gasteiger partial charge in [-0.3, -0.25) is 0 Å². The summed E-state index contributed by atoms with van der Waals surface area (Å²) in [6.45, 7) is 2.13. The molecule has 0 aromatic heterocycles. The minimum Gasteiger partial charge on any atom is -0.490 e. The highest BCUT2D eigenvalue weighted by Gasteiger charge is 2.43. The average Bonchev–Trinajstić information content (AvgIpc) is 2.92. The highest BCUT2D eigenvalue weighted by Crippen LogP contribution is 2.46. The lowest BCUT2D eigenvalue weighted by Crippen LogP contribution is -2.48. The predicted molar refractivity (Wildman–Crippen MR) is 124 cm³/mol. The van der Waals surface area contributed by atoms with Gasteiger partial charge in [0.15, 0.2) is 0 Å². The van der Waals surface area contributed by atoms with E-state index in [0.717, 1.165) is 67.9 Å². The van der Waals surface area contributed by atoms with Crippen LogP contribution in [0.25, 0.3) is 0 Å². The molecule has 2 aromatic rings. The van der Waals surface area contributed by atoms with Gasteiger partial charge in [-0.2, -0.15) is 0 Å². The van der Waals surface area contributed by atoms with E-state index in [-0.39, 0.29) is 11.0 Å². The van der Waals surface area contributed by atoms with Crippen molar-refractivity contribution in [2.45, 2.75) is 43.9 Å². The van der Waals surface area contributed by atoms with E-state index >= 15 is 0 Å². The third-order valence-corrected chi connectivity index (χ3v) is 7.95. The summed E-state index contributed by atoms with van der Waals surface area (Å²) in [5.74, 6) is 0.646. The number of carbonyl (C=O) groups is 2. The van der Waals surface area contributed by atoms with Crippen LogP contribution in [0.5, 0.6) is 5.75 Å². The Morgan fingerprint density at radius 1 is 1.22 bits per heavy atom. The second-order valence-electron chi connectivity index (χ2n) is 9.59. The predicted octanol–water partition coefficient (Wildman–Crippen LogP) is 5.13. The molecule has 1 N–H and O–H groups in total. The zero-order chi connectivity index (χ0) is 22.3. The maximum atomic E-state index is 11.7. The van der Waals surface area contributed by atoms with Crippen LogP contribution in [0.4, 0.5) is 5.69 Å². The normalized spacial score (nSPS) is 26.3. The summed E-state index contributed by atoms with van der Waals surface area (Å²) in [7, 11) is 0. The summed E-state index contributed by atoms with van der Waals surface area (Å²) < 4.78 is 6.38. The van der Waals surface area contributed by atoms with Gasteiger partial charge in [0.1, 0.15) is 12.0 Å². The Morgan fingerprint density at radius 3 is 2.81 bits per heavy atom. The second kappa shape index (κ2) is 8.43. The number of carboxylic acid groups (broad SMARTS) is 1. The fourth-order valence-corrected chi connectivity index (χ4v) is 6.04. The first-order chi connectivity index (χ1) is 15.5. The van der Waals surface area contributed by atoms with Crippen molar-refractivity contribution >= 4 is 29.5 Å². The molecule has 0 radical (unpaired) electrons. The van der Waals surface area contributed by atoms with Crippen molar-refractivity contribution in [1.29, 1.82) is 0 Å². The number of benzene rings is 2. The minimum absolute atomic E-state index is 0.176. The van der Waals surface area contributed by atoms with E-state index in [1.165, 1.54) is 11.1 Å². The Kier molecular flexibility index (Phi) is 5.62. The van der Waals surface area contributed by atoms with Crippen molar-refractivity contribution in [3.8, 4) is 5.75 Å². The molecule has 1 spiro atoms. The number of fused-ring (bicyclic) bond motifs is 3. The van der Waals surface area contributed by atoms with Gasteiger partial charge in [-0.15, -0.1) is 0 Å². The van der Waals surface area contributed by atoms with Crippen molar-refractivity contribution in [3.63, 3.8) is 0 Å². The Balaban J connectivity index is 1.55. The van der Waals surface area contributed by atoms with Gasteiger partial charge >= 0.3 is 5.97 Å². The topological polar surface area (TPSA) is 66.8 Å². The van der Waals surface area contributed by atoms with Crippen LogP contribution in [-0.4, -0.2) is 37.1 Å². The van der Waals surface area contributed by atoms with Crippen molar-refractivity contribution in [1.82, 2.24) is 0 Å².